The normalized spacial score (nSPS) is 29.1. The number of carbonyl (C=O) groups is 1. The maximum absolute atomic E-state index is 11.0. The highest BCUT2D eigenvalue weighted by Crippen LogP contribution is 2.22. The van der Waals surface area contributed by atoms with Crippen LogP contribution in [0.25, 0.3) is 0 Å². The first-order valence-corrected chi connectivity index (χ1v) is 5.54. The van der Waals surface area contributed by atoms with Crippen molar-refractivity contribution in [2.24, 2.45) is 17.1 Å². The van der Waals surface area contributed by atoms with Gasteiger partial charge in [0.2, 0.25) is 0 Å². The smallest absolute Gasteiger partial charge is 0.310 e. The Balaban J connectivity index is 2.50. The minimum Gasteiger partial charge on any atom is -0.481 e. The largest absolute Gasteiger partial charge is 0.481 e. The van der Waals surface area contributed by atoms with E-state index in [2.05, 4.69) is 11.8 Å². The topological polar surface area (TPSA) is 66.6 Å². The van der Waals surface area contributed by atoms with E-state index in [1.54, 1.807) is 13.8 Å². The molecule has 0 aromatic carbocycles. The summed E-state index contributed by atoms with van der Waals surface area (Å²) < 4.78 is 0. The van der Waals surface area contributed by atoms with Gasteiger partial charge in [-0.05, 0) is 32.7 Å². The van der Waals surface area contributed by atoms with Crippen LogP contribution in [0.2, 0.25) is 0 Å². The first kappa shape index (κ1) is 12.5. The van der Waals surface area contributed by atoms with Gasteiger partial charge in [0.1, 0.15) is 0 Å². The Bertz CT molecular complexity index is 241. The van der Waals surface area contributed by atoms with Crippen molar-refractivity contribution >= 4 is 5.97 Å². The fourth-order valence-corrected chi connectivity index (χ4v) is 1.94. The van der Waals surface area contributed by atoms with Crippen molar-refractivity contribution in [3.05, 3.63) is 0 Å². The van der Waals surface area contributed by atoms with E-state index in [-0.39, 0.29) is 6.04 Å². The number of nitrogens with two attached hydrogens (primary N) is 1. The van der Waals surface area contributed by atoms with Crippen LogP contribution in [0.1, 0.15) is 27.2 Å². The molecule has 4 heteroatoms. The summed E-state index contributed by atoms with van der Waals surface area (Å²) >= 11 is 0. The monoisotopic (exact) mass is 214 g/mol. The summed E-state index contributed by atoms with van der Waals surface area (Å²) in [4.78, 5) is 13.1. The van der Waals surface area contributed by atoms with Gasteiger partial charge in [-0.25, -0.2) is 0 Å². The highest BCUT2D eigenvalue weighted by atomic mass is 16.4. The second kappa shape index (κ2) is 4.49. The van der Waals surface area contributed by atoms with Crippen molar-refractivity contribution in [3.8, 4) is 0 Å². The van der Waals surface area contributed by atoms with E-state index in [9.17, 15) is 4.79 Å². The molecule has 2 atom stereocenters. The Hall–Kier alpha value is -0.610. The Kier molecular flexibility index (Phi) is 3.73. The van der Waals surface area contributed by atoms with Crippen LogP contribution in [0, 0.1) is 11.3 Å². The number of likely N-dealkylation sites (tertiary alicyclic amines) is 1. The molecule has 15 heavy (non-hydrogen) atoms. The maximum atomic E-state index is 11.0. The van der Waals surface area contributed by atoms with E-state index in [0.717, 1.165) is 19.5 Å². The Labute approximate surface area is 91.4 Å². The van der Waals surface area contributed by atoms with Crippen LogP contribution >= 0.6 is 0 Å². The number of nitrogens with zero attached hydrogens (tertiary/aromatic N) is 1. The van der Waals surface area contributed by atoms with Gasteiger partial charge in [0.15, 0.2) is 0 Å². The van der Waals surface area contributed by atoms with Crippen LogP contribution in [0.3, 0.4) is 0 Å². The molecule has 0 spiro atoms. The highest BCUT2D eigenvalue weighted by molar-refractivity contribution is 5.73. The molecule has 0 amide bonds. The lowest BCUT2D eigenvalue weighted by atomic mass is 9.89. The Morgan fingerprint density at radius 3 is 2.67 bits per heavy atom. The van der Waals surface area contributed by atoms with Gasteiger partial charge < -0.3 is 15.7 Å². The molecule has 1 rings (SSSR count). The molecular weight excluding hydrogens is 192 g/mol. The average Bonchev–Trinajstić information content (AvgIpc) is 2.10. The first-order valence-electron chi connectivity index (χ1n) is 5.54. The lowest BCUT2D eigenvalue weighted by molar-refractivity contribution is -0.148. The summed E-state index contributed by atoms with van der Waals surface area (Å²) in [6.45, 7) is 8.05. The van der Waals surface area contributed by atoms with Crippen LogP contribution < -0.4 is 5.73 Å². The van der Waals surface area contributed by atoms with E-state index >= 15 is 0 Å². The molecule has 0 saturated carbocycles. The third-order valence-corrected chi connectivity index (χ3v) is 3.30. The molecule has 1 aliphatic rings. The quantitative estimate of drug-likeness (QED) is 0.728. The molecule has 0 bridgehead atoms. The van der Waals surface area contributed by atoms with Crippen molar-refractivity contribution in [2.45, 2.75) is 33.2 Å². The van der Waals surface area contributed by atoms with Crippen molar-refractivity contribution in [3.63, 3.8) is 0 Å². The van der Waals surface area contributed by atoms with E-state index in [1.165, 1.54) is 0 Å². The second-order valence-electron chi connectivity index (χ2n) is 5.35. The number of hydrogen-bond acceptors (Lipinski definition) is 3. The molecule has 0 aromatic heterocycles. The van der Waals surface area contributed by atoms with Crippen LogP contribution in [0.15, 0.2) is 0 Å². The molecule has 1 saturated heterocycles. The number of carboxylic acid groups (broad SMARTS) is 1. The standard InChI is InChI=1S/C11H22N2O2/c1-8-4-5-13(6-9(8)12)7-11(2,3)10(14)15/h8-9H,4-7,12H2,1-3H3,(H,14,15). The van der Waals surface area contributed by atoms with Crippen LogP contribution in [-0.4, -0.2) is 41.7 Å². The lowest BCUT2D eigenvalue weighted by Crippen LogP contribution is -2.51. The molecule has 4 nitrogen and oxygen atoms in total. The van der Waals surface area contributed by atoms with Gasteiger partial charge in [0, 0.05) is 19.1 Å². The third-order valence-electron chi connectivity index (χ3n) is 3.30. The molecule has 2 unspecified atom stereocenters. The fourth-order valence-electron chi connectivity index (χ4n) is 1.94. The lowest BCUT2D eigenvalue weighted by Gasteiger charge is -2.38. The summed E-state index contributed by atoms with van der Waals surface area (Å²) in [5.74, 6) is -0.191. The summed E-state index contributed by atoms with van der Waals surface area (Å²) in [6.07, 6.45) is 1.07. The zero-order chi connectivity index (χ0) is 11.6. The molecule has 0 aromatic rings. The Morgan fingerprint density at radius 1 is 1.60 bits per heavy atom. The zero-order valence-corrected chi connectivity index (χ0v) is 9.86. The summed E-state index contributed by atoms with van der Waals surface area (Å²) in [7, 11) is 0. The molecule has 1 aliphatic heterocycles. The molecule has 88 valence electrons. The number of rotatable bonds is 3. The van der Waals surface area contributed by atoms with Crippen LogP contribution in [0.5, 0.6) is 0 Å². The molecular formula is C11H22N2O2. The van der Waals surface area contributed by atoms with E-state index < -0.39 is 11.4 Å². The van der Waals surface area contributed by atoms with Gasteiger partial charge in [-0.2, -0.15) is 0 Å². The maximum Gasteiger partial charge on any atom is 0.310 e. The summed E-state index contributed by atoms with van der Waals surface area (Å²) in [5, 5.41) is 9.03. The number of aliphatic carboxylic acids is 1. The predicted molar refractivity (Wildman–Crippen MR) is 59.6 cm³/mol. The summed E-state index contributed by atoms with van der Waals surface area (Å²) in [5.41, 5.74) is 5.29. The molecule has 1 fully saturated rings. The number of hydrogen-bond donors (Lipinski definition) is 2. The molecule has 0 radical (unpaired) electrons. The second-order valence-corrected chi connectivity index (χ2v) is 5.35. The molecule has 0 aliphatic carbocycles. The van der Waals surface area contributed by atoms with Gasteiger partial charge in [0.25, 0.3) is 0 Å². The van der Waals surface area contributed by atoms with Gasteiger partial charge in [-0.15, -0.1) is 0 Å². The third kappa shape index (κ3) is 3.18. The SMILES string of the molecule is CC1CCN(CC(C)(C)C(=O)O)CC1N. The minimum absolute atomic E-state index is 0.184. The molecule has 3 N–H and O–H groups in total. The van der Waals surface area contributed by atoms with Crippen molar-refractivity contribution in [2.75, 3.05) is 19.6 Å². The molecule has 1 heterocycles. The summed E-state index contributed by atoms with van der Waals surface area (Å²) in [6, 6.07) is 0.184. The van der Waals surface area contributed by atoms with Gasteiger partial charge in [0.05, 0.1) is 5.41 Å². The van der Waals surface area contributed by atoms with Crippen molar-refractivity contribution in [1.82, 2.24) is 4.90 Å². The van der Waals surface area contributed by atoms with E-state index in [4.69, 9.17) is 10.8 Å². The van der Waals surface area contributed by atoms with Crippen molar-refractivity contribution < 1.29 is 9.90 Å². The van der Waals surface area contributed by atoms with Crippen molar-refractivity contribution in [1.29, 1.82) is 0 Å². The number of piperidine rings is 1. The highest BCUT2D eigenvalue weighted by Gasteiger charge is 2.32. The van der Waals surface area contributed by atoms with Gasteiger partial charge >= 0.3 is 5.97 Å². The first-order chi connectivity index (χ1) is 6.83. The zero-order valence-electron chi connectivity index (χ0n) is 9.86. The Morgan fingerprint density at radius 2 is 2.20 bits per heavy atom. The van der Waals surface area contributed by atoms with Gasteiger partial charge in [-0.1, -0.05) is 6.92 Å². The fraction of sp³-hybridized carbons (Fsp3) is 0.909. The van der Waals surface area contributed by atoms with Crippen LogP contribution in [-0.2, 0) is 4.79 Å². The average molecular weight is 214 g/mol. The van der Waals surface area contributed by atoms with Crippen LogP contribution in [0.4, 0.5) is 0 Å². The minimum atomic E-state index is -0.741. The van der Waals surface area contributed by atoms with E-state index in [1.807, 2.05) is 0 Å². The number of carboxylic acids is 1. The van der Waals surface area contributed by atoms with E-state index in [0.29, 0.717) is 12.5 Å². The predicted octanol–water partition coefficient (Wildman–Crippen LogP) is 0.766. The van der Waals surface area contributed by atoms with Gasteiger partial charge in [-0.3, -0.25) is 4.79 Å².